The number of nitrogens with zero attached hydrogens (tertiary/aromatic N) is 2. The second-order valence-corrected chi connectivity index (χ2v) is 6.61. The topological polar surface area (TPSA) is 76.0 Å². The molecule has 7 heteroatoms. The predicted molar refractivity (Wildman–Crippen MR) is 96.2 cm³/mol. The van der Waals surface area contributed by atoms with Gasteiger partial charge < -0.3 is 10.6 Å². The lowest BCUT2D eigenvalue weighted by atomic mass is 10.1. The van der Waals surface area contributed by atoms with Gasteiger partial charge in [0.15, 0.2) is 5.69 Å². The van der Waals surface area contributed by atoms with Gasteiger partial charge in [-0.05, 0) is 30.9 Å². The zero-order valence-electron chi connectivity index (χ0n) is 14.8. The number of anilines is 1. The highest BCUT2D eigenvalue weighted by Crippen LogP contribution is 2.26. The number of aryl methyl sites for hydroxylation is 1. The van der Waals surface area contributed by atoms with Crippen molar-refractivity contribution in [1.29, 1.82) is 0 Å². The summed E-state index contributed by atoms with van der Waals surface area (Å²) in [4.78, 5) is 24.5. The first-order valence-corrected chi connectivity index (χ1v) is 8.91. The van der Waals surface area contributed by atoms with Crippen molar-refractivity contribution in [2.45, 2.75) is 32.1 Å². The zero-order valence-corrected chi connectivity index (χ0v) is 14.8. The van der Waals surface area contributed by atoms with Crippen molar-refractivity contribution in [2.75, 3.05) is 11.9 Å². The fourth-order valence-corrected chi connectivity index (χ4v) is 3.21. The quantitative estimate of drug-likeness (QED) is 0.833. The summed E-state index contributed by atoms with van der Waals surface area (Å²) in [5.74, 6) is -0.101. The molecule has 1 heterocycles. The van der Waals surface area contributed by atoms with Crippen LogP contribution in [-0.4, -0.2) is 28.1 Å². The first-order chi connectivity index (χ1) is 12.5. The van der Waals surface area contributed by atoms with Crippen LogP contribution >= 0.6 is 0 Å². The van der Waals surface area contributed by atoms with Crippen LogP contribution in [0.1, 0.15) is 41.7 Å². The maximum atomic E-state index is 13.6. The largest absolute Gasteiger partial charge is 0.350 e. The molecule has 0 unspecified atom stereocenters. The molecular formula is C19H23FN4O2. The van der Waals surface area contributed by atoms with Crippen LogP contribution in [0.2, 0.25) is 0 Å². The fraction of sp³-hybridized carbons (Fsp3) is 0.421. The van der Waals surface area contributed by atoms with E-state index in [1.807, 2.05) is 0 Å². The Morgan fingerprint density at radius 1 is 1.27 bits per heavy atom. The van der Waals surface area contributed by atoms with Crippen LogP contribution in [-0.2, 0) is 18.3 Å². The third-order valence-corrected chi connectivity index (χ3v) is 4.73. The summed E-state index contributed by atoms with van der Waals surface area (Å²) in [6.45, 7) is 0.306. The summed E-state index contributed by atoms with van der Waals surface area (Å²) in [5, 5.41) is 9.73. The molecule has 26 heavy (non-hydrogen) atoms. The van der Waals surface area contributed by atoms with E-state index in [1.54, 1.807) is 31.3 Å². The Bertz CT molecular complexity index is 797. The maximum Gasteiger partial charge on any atom is 0.271 e. The molecule has 0 bridgehead atoms. The molecule has 0 saturated heterocycles. The Morgan fingerprint density at radius 2 is 2.00 bits per heavy atom. The Balaban J connectivity index is 1.54. The molecule has 2 aromatic rings. The van der Waals surface area contributed by atoms with Gasteiger partial charge in [-0.25, -0.2) is 4.39 Å². The summed E-state index contributed by atoms with van der Waals surface area (Å²) in [5.41, 5.74) is 0.779. The monoisotopic (exact) mass is 358 g/mol. The predicted octanol–water partition coefficient (Wildman–Crippen LogP) is 2.66. The number of benzene rings is 1. The molecule has 1 aromatic carbocycles. The Morgan fingerprint density at radius 3 is 2.73 bits per heavy atom. The maximum absolute atomic E-state index is 13.6. The van der Waals surface area contributed by atoms with Crippen molar-refractivity contribution < 1.29 is 14.0 Å². The number of amides is 2. The van der Waals surface area contributed by atoms with Crippen LogP contribution in [0.5, 0.6) is 0 Å². The van der Waals surface area contributed by atoms with Crippen LogP contribution in [0.3, 0.4) is 0 Å². The molecular weight excluding hydrogens is 335 g/mol. The lowest BCUT2D eigenvalue weighted by Crippen LogP contribution is -2.26. The van der Waals surface area contributed by atoms with Gasteiger partial charge in [0.1, 0.15) is 11.6 Å². The van der Waals surface area contributed by atoms with E-state index < -0.39 is 0 Å². The molecule has 0 atom stereocenters. The number of carbonyl (C=O) groups excluding carboxylic acids is 2. The molecule has 0 aliphatic heterocycles. The second kappa shape index (κ2) is 8.12. The first-order valence-electron chi connectivity index (χ1n) is 8.91. The molecule has 0 radical (unpaired) electrons. The number of halogens is 1. The molecule has 1 aliphatic rings. The van der Waals surface area contributed by atoms with E-state index in [2.05, 4.69) is 15.7 Å². The van der Waals surface area contributed by atoms with Gasteiger partial charge in [0.2, 0.25) is 5.91 Å². The number of rotatable bonds is 6. The summed E-state index contributed by atoms with van der Waals surface area (Å²) >= 11 is 0. The average Bonchev–Trinajstić information content (AvgIpc) is 3.27. The van der Waals surface area contributed by atoms with Gasteiger partial charge in [0.25, 0.3) is 5.91 Å². The molecule has 2 amide bonds. The van der Waals surface area contributed by atoms with Gasteiger partial charge in [-0.15, -0.1) is 0 Å². The Labute approximate surface area is 151 Å². The van der Waals surface area contributed by atoms with Crippen LogP contribution in [0.4, 0.5) is 10.2 Å². The Hall–Kier alpha value is -2.70. The summed E-state index contributed by atoms with van der Waals surface area (Å²) in [6.07, 6.45) is 4.38. The third-order valence-electron chi connectivity index (χ3n) is 4.73. The molecule has 138 valence electrons. The summed E-state index contributed by atoms with van der Waals surface area (Å²) in [6, 6.07) is 8.05. The summed E-state index contributed by atoms with van der Waals surface area (Å²) < 4.78 is 15.1. The molecule has 0 spiro atoms. The third kappa shape index (κ3) is 4.28. The van der Waals surface area contributed by atoms with Crippen molar-refractivity contribution in [1.82, 2.24) is 15.1 Å². The second-order valence-electron chi connectivity index (χ2n) is 6.61. The highest BCUT2D eigenvalue weighted by molar-refractivity contribution is 5.96. The van der Waals surface area contributed by atoms with Gasteiger partial charge in [-0.3, -0.25) is 14.3 Å². The van der Waals surface area contributed by atoms with Crippen LogP contribution in [0.15, 0.2) is 30.3 Å². The summed E-state index contributed by atoms with van der Waals surface area (Å²) in [7, 11) is 1.68. The molecule has 1 aromatic heterocycles. The fourth-order valence-electron chi connectivity index (χ4n) is 3.21. The number of nitrogens with one attached hydrogen (secondary N) is 2. The van der Waals surface area contributed by atoms with Crippen LogP contribution < -0.4 is 10.6 Å². The van der Waals surface area contributed by atoms with Gasteiger partial charge in [0.05, 0.1) is 0 Å². The smallest absolute Gasteiger partial charge is 0.271 e. The standard InChI is InChI=1S/C19H23FN4O2/c1-24-17(22-18(25)14-7-2-3-8-14)12-16(23-24)19(26)21-11-10-13-6-4-5-9-15(13)20/h4-6,9,12,14H,2-3,7-8,10-11H2,1H3,(H,21,26)(H,22,25). The molecule has 1 saturated carbocycles. The molecule has 2 N–H and O–H groups in total. The van der Waals surface area contributed by atoms with Crippen LogP contribution in [0.25, 0.3) is 0 Å². The van der Waals surface area contributed by atoms with E-state index in [1.165, 1.54) is 10.7 Å². The van der Waals surface area contributed by atoms with E-state index in [4.69, 9.17) is 0 Å². The van der Waals surface area contributed by atoms with Crippen molar-refractivity contribution >= 4 is 17.6 Å². The normalized spacial score (nSPS) is 14.4. The van der Waals surface area contributed by atoms with Gasteiger partial charge >= 0.3 is 0 Å². The highest BCUT2D eigenvalue weighted by Gasteiger charge is 2.24. The van der Waals surface area contributed by atoms with Crippen molar-refractivity contribution in [3.05, 3.63) is 47.4 Å². The van der Waals surface area contributed by atoms with E-state index in [-0.39, 0.29) is 29.2 Å². The molecule has 1 aliphatic carbocycles. The van der Waals surface area contributed by atoms with Crippen molar-refractivity contribution in [3.63, 3.8) is 0 Å². The number of hydrogen-bond donors (Lipinski definition) is 2. The van der Waals surface area contributed by atoms with E-state index in [0.717, 1.165) is 25.7 Å². The lowest BCUT2D eigenvalue weighted by Gasteiger charge is -2.09. The number of hydrogen-bond acceptors (Lipinski definition) is 3. The van der Waals surface area contributed by atoms with E-state index >= 15 is 0 Å². The van der Waals surface area contributed by atoms with E-state index in [9.17, 15) is 14.0 Å². The number of carbonyl (C=O) groups is 2. The Kier molecular flexibility index (Phi) is 5.65. The molecule has 1 fully saturated rings. The molecule has 6 nitrogen and oxygen atoms in total. The first kappa shape index (κ1) is 18.1. The van der Waals surface area contributed by atoms with Crippen molar-refractivity contribution in [3.8, 4) is 0 Å². The highest BCUT2D eigenvalue weighted by atomic mass is 19.1. The minimum atomic E-state index is -0.349. The number of aromatic nitrogens is 2. The minimum Gasteiger partial charge on any atom is -0.350 e. The van der Waals surface area contributed by atoms with Gasteiger partial charge in [-0.1, -0.05) is 31.0 Å². The van der Waals surface area contributed by atoms with Crippen LogP contribution in [0, 0.1) is 11.7 Å². The lowest BCUT2D eigenvalue weighted by molar-refractivity contribution is -0.119. The minimum absolute atomic E-state index is 0.0167. The van der Waals surface area contributed by atoms with Gasteiger partial charge in [0, 0.05) is 25.6 Å². The van der Waals surface area contributed by atoms with E-state index in [0.29, 0.717) is 24.3 Å². The molecule has 3 rings (SSSR count). The SMILES string of the molecule is Cn1nc(C(=O)NCCc2ccccc2F)cc1NC(=O)C1CCCC1. The zero-order chi connectivity index (χ0) is 18.5. The average molecular weight is 358 g/mol. The van der Waals surface area contributed by atoms with Gasteiger partial charge in [-0.2, -0.15) is 5.10 Å². The van der Waals surface area contributed by atoms with Crippen molar-refractivity contribution in [2.24, 2.45) is 13.0 Å².